The van der Waals surface area contributed by atoms with E-state index in [0.29, 0.717) is 13.0 Å². The van der Waals surface area contributed by atoms with Gasteiger partial charge in [0.1, 0.15) is 18.1 Å². The summed E-state index contributed by atoms with van der Waals surface area (Å²) in [6.07, 6.45) is 2.31. The average molecular weight is 271 g/mol. The summed E-state index contributed by atoms with van der Waals surface area (Å²) in [6, 6.07) is 5.75. The molecule has 1 aromatic heterocycles. The topological polar surface area (TPSA) is 60.2 Å². The summed E-state index contributed by atoms with van der Waals surface area (Å²) < 4.78 is 7.31. The van der Waals surface area contributed by atoms with Gasteiger partial charge in [-0.1, -0.05) is 17.1 Å². The molecule has 1 N–H and O–H groups in total. The van der Waals surface area contributed by atoms with Gasteiger partial charge in [0, 0.05) is 19.0 Å². The minimum Gasteiger partial charge on any atom is -0.487 e. The van der Waals surface area contributed by atoms with Crippen LogP contribution in [-0.2, 0) is 13.7 Å². The van der Waals surface area contributed by atoms with E-state index in [9.17, 15) is 0 Å². The van der Waals surface area contributed by atoms with E-state index in [1.807, 2.05) is 38.4 Å². The average Bonchev–Trinajstić information content (AvgIpc) is 2.85. The SMILES string of the molecule is Cc1cc(OCc2cn(C)nn2)ccc1C#CCCO. The molecule has 0 atom stereocenters. The smallest absolute Gasteiger partial charge is 0.134 e. The van der Waals surface area contributed by atoms with Crippen LogP contribution in [0.25, 0.3) is 0 Å². The molecule has 0 fully saturated rings. The first-order valence-corrected chi connectivity index (χ1v) is 6.37. The van der Waals surface area contributed by atoms with Crippen molar-refractivity contribution in [3.05, 3.63) is 41.2 Å². The van der Waals surface area contributed by atoms with Gasteiger partial charge in [-0.2, -0.15) is 0 Å². The van der Waals surface area contributed by atoms with Crippen LogP contribution in [0.15, 0.2) is 24.4 Å². The van der Waals surface area contributed by atoms with Gasteiger partial charge in [-0.3, -0.25) is 4.68 Å². The molecular weight excluding hydrogens is 254 g/mol. The number of ether oxygens (including phenoxy) is 1. The van der Waals surface area contributed by atoms with Crippen LogP contribution in [-0.4, -0.2) is 26.7 Å². The first-order chi connectivity index (χ1) is 9.69. The maximum atomic E-state index is 8.70. The number of aliphatic hydroxyl groups is 1. The summed E-state index contributed by atoms with van der Waals surface area (Å²) in [7, 11) is 1.82. The van der Waals surface area contributed by atoms with Gasteiger partial charge >= 0.3 is 0 Å². The maximum absolute atomic E-state index is 8.70. The largest absolute Gasteiger partial charge is 0.487 e. The van der Waals surface area contributed by atoms with Crippen molar-refractivity contribution in [2.45, 2.75) is 20.0 Å². The van der Waals surface area contributed by atoms with Gasteiger partial charge in [-0.15, -0.1) is 5.10 Å². The second kappa shape index (κ2) is 6.73. The third-order valence-electron chi connectivity index (χ3n) is 2.69. The minimum atomic E-state index is 0.0886. The summed E-state index contributed by atoms with van der Waals surface area (Å²) >= 11 is 0. The van der Waals surface area contributed by atoms with E-state index >= 15 is 0 Å². The summed E-state index contributed by atoms with van der Waals surface area (Å²) in [5.41, 5.74) is 2.79. The van der Waals surface area contributed by atoms with Crippen molar-refractivity contribution in [1.29, 1.82) is 0 Å². The highest BCUT2D eigenvalue weighted by Crippen LogP contribution is 2.17. The maximum Gasteiger partial charge on any atom is 0.134 e. The fourth-order valence-corrected chi connectivity index (χ4v) is 1.70. The van der Waals surface area contributed by atoms with Crippen molar-refractivity contribution in [2.24, 2.45) is 7.05 Å². The third-order valence-corrected chi connectivity index (χ3v) is 2.69. The highest BCUT2D eigenvalue weighted by Gasteiger charge is 2.02. The molecule has 2 rings (SSSR count). The lowest BCUT2D eigenvalue weighted by Gasteiger charge is -2.06. The van der Waals surface area contributed by atoms with Crippen LogP contribution in [0.5, 0.6) is 5.75 Å². The van der Waals surface area contributed by atoms with Crippen molar-refractivity contribution in [1.82, 2.24) is 15.0 Å². The zero-order chi connectivity index (χ0) is 14.4. The van der Waals surface area contributed by atoms with E-state index in [1.54, 1.807) is 4.68 Å². The molecule has 0 amide bonds. The number of aliphatic hydroxyl groups excluding tert-OH is 1. The third kappa shape index (κ3) is 3.84. The van der Waals surface area contributed by atoms with E-state index in [-0.39, 0.29) is 6.61 Å². The number of hydrogen-bond acceptors (Lipinski definition) is 4. The molecule has 0 spiro atoms. The monoisotopic (exact) mass is 271 g/mol. The van der Waals surface area contributed by atoms with E-state index in [4.69, 9.17) is 9.84 Å². The van der Waals surface area contributed by atoms with Crippen LogP contribution in [0.2, 0.25) is 0 Å². The number of hydrogen-bond donors (Lipinski definition) is 1. The molecule has 104 valence electrons. The van der Waals surface area contributed by atoms with Gasteiger partial charge < -0.3 is 9.84 Å². The number of benzene rings is 1. The van der Waals surface area contributed by atoms with Crippen LogP contribution in [0.4, 0.5) is 0 Å². The Labute approximate surface area is 118 Å². The zero-order valence-electron chi connectivity index (χ0n) is 11.6. The quantitative estimate of drug-likeness (QED) is 0.855. The van der Waals surface area contributed by atoms with E-state index in [0.717, 1.165) is 22.6 Å². The lowest BCUT2D eigenvalue weighted by atomic mass is 10.1. The van der Waals surface area contributed by atoms with Gasteiger partial charge in [0.25, 0.3) is 0 Å². The van der Waals surface area contributed by atoms with Gasteiger partial charge in [-0.25, -0.2) is 0 Å². The molecule has 0 radical (unpaired) electrons. The molecular formula is C15H17N3O2. The van der Waals surface area contributed by atoms with Crippen molar-refractivity contribution in [2.75, 3.05) is 6.61 Å². The van der Waals surface area contributed by atoms with Crippen molar-refractivity contribution >= 4 is 0 Å². The Hall–Kier alpha value is -2.32. The first-order valence-electron chi connectivity index (χ1n) is 6.37. The Morgan fingerprint density at radius 3 is 2.90 bits per heavy atom. The fraction of sp³-hybridized carbons (Fsp3) is 0.333. The van der Waals surface area contributed by atoms with Crippen LogP contribution in [0.3, 0.4) is 0 Å². The van der Waals surface area contributed by atoms with Gasteiger partial charge in [0.15, 0.2) is 0 Å². The molecule has 5 nitrogen and oxygen atoms in total. The fourth-order valence-electron chi connectivity index (χ4n) is 1.70. The second-order valence-electron chi connectivity index (χ2n) is 4.42. The lowest BCUT2D eigenvalue weighted by molar-refractivity contribution is 0.301. The van der Waals surface area contributed by atoms with E-state index in [2.05, 4.69) is 22.2 Å². The predicted octanol–water partition coefficient (Wildman–Crippen LogP) is 1.44. The van der Waals surface area contributed by atoms with Gasteiger partial charge in [0.05, 0.1) is 12.8 Å². The second-order valence-corrected chi connectivity index (χ2v) is 4.42. The number of nitrogens with zero attached hydrogens (tertiary/aromatic N) is 3. The van der Waals surface area contributed by atoms with Crippen LogP contribution >= 0.6 is 0 Å². The molecule has 0 unspecified atom stereocenters. The number of rotatable bonds is 4. The van der Waals surface area contributed by atoms with E-state index in [1.165, 1.54) is 0 Å². The lowest BCUT2D eigenvalue weighted by Crippen LogP contribution is -1.96. The van der Waals surface area contributed by atoms with Crippen molar-refractivity contribution in [3.63, 3.8) is 0 Å². The first kappa shape index (κ1) is 14.1. The zero-order valence-corrected chi connectivity index (χ0v) is 11.6. The molecule has 1 aromatic carbocycles. The molecule has 1 heterocycles. The summed E-state index contributed by atoms with van der Waals surface area (Å²) in [6.45, 7) is 2.46. The number of aryl methyl sites for hydroxylation is 2. The normalized spacial score (nSPS) is 9.95. The minimum absolute atomic E-state index is 0.0886. The Kier molecular flexibility index (Phi) is 4.75. The predicted molar refractivity (Wildman–Crippen MR) is 75.1 cm³/mol. The Morgan fingerprint density at radius 1 is 1.40 bits per heavy atom. The molecule has 0 saturated carbocycles. The summed E-state index contributed by atoms with van der Waals surface area (Å²) in [5.74, 6) is 6.72. The van der Waals surface area contributed by atoms with Crippen molar-refractivity contribution < 1.29 is 9.84 Å². The van der Waals surface area contributed by atoms with Crippen molar-refractivity contribution in [3.8, 4) is 17.6 Å². The highest BCUT2D eigenvalue weighted by atomic mass is 16.5. The van der Waals surface area contributed by atoms with Crippen LogP contribution in [0.1, 0.15) is 23.2 Å². The Morgan fingerprint density at radius 2 is 2.25 bits per heavy atom. The molecule has 0 aliphatic rings. The van der Waals surface area contributed by atoms with Gasteiger partial charge in [0.2, 0.25) is 0 Å². The molecule has 2 aromatic rings. The Balaban J connectivity index is 2.00. The molecule has 0 aliphatic heterocycles. The molecule has 20 heavy (non-hydrogen) atoms. The Bertz CT molecular complexity index is 638. The molecule has 0 saturated heterocycles. The highest BCUT2D eigenvalue weighted by molar-refractivity contribution is 5.44. The van der Waals surface area contributed by atoms with E-state index < -0.39 is 0 Å². The summed E-state index contributed by atoms with van der Waals surface area (Å²) in [4.78, 5) is 0. The standard InChI is InChI=1S/C15H17N3O2/c1-12-9-15(7-6-13(12)5-3-4-8-19)20-11-14-10-18(2)17-16-14/h6-7,9-10,19H,4,8,11H2,1-2H3. The van der Waals surface area contributed by atoms with Crippen LogP contribution in [0, 0.1) is 18.8 Å². The molecule has 5 heteroatoms. The summed E-state index contributed by atoms with van der Waals surface area (Å²) in [5, 5.41) is 16.5. The molecule has 0 aliphatic carbocycles. The van der Waals surface area contributed by atoms with Gasteiger partial charge in [-0.05, 0) is 30.7 Å². The van der Waals surface area contributed by atoms with Crippen LogP contribution < -0.4 is 4.74 Å². The number of aromatic nitrogens is 3. The molecule has 0 bridgehead atoms.